The summed E-state index contributed by atoms with van der Waals surface area (Å²) in [5.41, 5.74) is 3.68. The molecule has 2 heterocycles. The highest BCUT2D eigenvalue weighted by atomic mass is 16.7. The van der Waals surface area contributed by atoms with E-state index in [2.05, 4.69) is 64.8 Å². The van der Waals surface area contributed by atoms with Crippen molar-refractivity contribution in [3.63, 3.8) is 0 Å². The molecule has 0 radical (unpaired) electrons. The number of aromatic nitrogens is 2. The molecular weight excluding hydrogens is 275 g/mol. The molecule has 0 bridgehead atoms. The maximum absolute atomic E-state index is 6.15. The fraction of sp³-hybridized carbons (Fsp3) is 0.471. The minimum Gasteiger partial charge on any atom is -0.398 e. The molecule has 0 amide bonds. The quantitative estimate of drug-likeness (QED) is 0.800. The van der Waals surface area contributed by atoms with Crippen LogP contribution in [0.25, 0.3) is 5.69 Å². The zero-order valence-electron chi connectivity index (χ0n) is 14.2. The molecule has 1 saturated heterocycles. The van der Waals surface area contributed by atoms with Crippen molar-refractivity contribution in [3.05, 3.63) is 41.6 Å². The van der Waals surface area contributed by atoms with Gasteiger partial charge in [-0.15, -0.1) is 0 Å². The fourth-order valence-electron chi connectivity index (χ4n) is 2.74. The van der Waals surface area contributed by atoms with Crippen LogP contribution in [0.5, 0.6) is 0 Å². The molecule has 3 rings (SSSR count). The molecule has 0 saturated carbocycles. The second-order valence-corrected chi connectivity index (χ2v) is 7.10. The maximum Gasteiger partial charge on any atom is 0.514 e. The summed E-state index contributed by atoms with van der Waals surface area (Å²) >= 11 is 0. The average Bonchev–Trinajstić information content (AvgIpc) is 2.91. The van der Waals surface area contributed by atoms with Gasteiger partial charge in [0, 0.05) is 6.20 Å². The Bertz CT molecular complexity index is 670. The van der Waals surface area contributed by atoms with Gasteiger partial charge in [-0.05, 0) is 70.9 Å². The van der Waals surface area contributed by atoms with E-state index in [1.165, 1.54) is 11.1 Å². The van der Waals surface area contributed by atoms with Gasteiger partial charge in [0.2, 0.25) is 0 Å². The largest absolute Gasteiger partial charge is 0.514 e. The van der Waals surface area contributed by atoms with Gasteiger partial charge < -0.3 is 9.31 Å². The molecule has 1 aliphatic rings. The van der Waals surface area contributed by atoms with Crippen molar-refractivity contribution in [2.75, 3.05) is 0 Å². The van der Waals surface area contributed by atoms with Crippen molar-refractivity contribution in [1.29, 1.82) is 0 Å². The van der Waals surface area contributed by atoms with Gasteiger partial charge in [0.15, 0.2) is 0 Å². The van der Waals surface area contributed by atoms with E-state index in [0.717, 1.165) is 11.3 Å². The topological polar surface area (TPSA) is 36.3 Å². The first-order valence-corrected chi connectivity index (χ1v) is 7.68. The Morgan fingerprint density at radius 3 is 2.05 bits per heavy atom. The van der Waals surface area contributed by atoms with Gasteiger partial charge in [0.1, 0.15) is 0 Å². The van der Waals surface area contributed by atoms with Gasteiger partial charge in [-0.3, -0.25) is 0 Å². The van der Waals surface area contributed by atoms with Gasteiger partial charge in [0.25, 0.3) is 0 Å². The highest BCUT2D eigenvalue weighted by Crippen LogP contribution is 2.36. The highest BCUT2D eigenvalue weighted by Gasteiger charge is 2.52. The fourth-order valence-corrected chi connectivity index (χ4v) is 2.74. The predicted octanol–water partition coefficient (Wildman–Crippen LogP) is 2.79. The molecule has 4 nitrogen and oxygen atoms in total. The monoisotopic (exact) mass is 298 g/mol. The molecular formula is C17H23BN2O2. The van der Waals surface area contributed by atoms with Crippen molar-refractivity contribution < 1.29 is 9.31 Å². The van der Waals surface area contributed by atoms with Crippen LogP contribution in [0, 0.1) is 13.8 Å². The minimum atomic E-state index is -0.409. The molecule has 22 heavy (non-hydrogen) atoms. The number of hydrogen-bond donors (Lipinski definition) is 0. The zero-order valence-corrected chi connectivity index (χ0v) is 14.2. The zero-order chi connectivity index (χ0) is 16.1. The third-order valence-electron chi connectivity index (χ3n) is 4.62. The Morgan fingerprint density at radius 2 is 1.50 bits per heavy atom. The Kier molecular flexibility index (Phi) is 3.46. The first kappa shape index (κ1) is 15.3. The third kappa shape index (κ3) is 2.48. The average molecular weight is 298 g/mol. The van der Waals surface area contributed by atoms with Crippen LogP contribution in [0.15, 0.2) is 30.5 Å². The van der Waals surface area contributed by atoms with Crippen LogP contribution in [0.2, 0.25) is 0 Å². The lowest BCUT2D eigenvalue weighted by molar-refractivity contribution is 0.00578. The summed E-state index contributed by atoms with van der Waals surface area (Å²) in [5, 5.41) is 4.47. The summed E-state index contributed by atoms with van der Waals surface area (Å²) in [7, 11) is -0.409. The molecule has 1 aromatic carbocycles. The molecule has 1 aliphatic heterocycles. The van der Waals surface area contributed by atoms with Crippen LogP contribution in [0.4, 0.5) is 0 Å². The number of rotatable bonds is 2. The second-order valence-electron chi connectivity index (χ2n) is 7.10. The Hall–Kier alpha value is -1.59. The van der Waals surface area contributed by atoms with Crippen LogP contribution in [-0.2, 0) is 9.31 Å². The van der Waals surface area contributed by atoms with Crippen LogP contribution in [-0.4, -0.2) is 28.1 Å². The van der Waals surface area contributed by atoms with E-state index >= 15 is 0 Å². The van der Waals surface area contributed by atoms with Crippen LogP contribution in [0.3, 0.4) is 0 Å². The predicted molar refractivity (Wildman–Crippen MR) is 88.8 cm³/mol. The van der Waals surface area contributed by atoms with Crippen molar-refractivity contribution in [1.82, 2.24) is 9.78 Å². The van der Waals surface area contributed by atoms with E-state index in [0.29, 0.717) is 0 Å². The highest BCUT2D eigenvalue weighted by molar-refractivity contribution is 6.61. The number of nitrogens with zero attached hydrogens (tertiary/aromatic N) is 2. The summed E-state index contributed by atoms with van der Waals surface area (Å²) < 4.78 is 14.2. The van der Waals surface area contributed by atoms with Gasteiger partial charge >= 0.3 is 7.12 Å². The molecule has 1 fully saturated rings. The second kappa shape index (κ2) is 4.96. The number of aryl methyl sites for hydroxylation is 2. The molecule has 2 aromatic rings. The first-order chi connectivity index (χ1) is 10.2. The first-order valence-electron chi connectivity index (χ1n) is 7.68. The SMILES string of the molecule is Cc1cc(C)cc(-n2nccc2B2OC(C)(C)C(C)(C)O2)c1. The van der Waals surface area contributed by atoms with E-state index in [1.54, 1.807) is 6.20 Å². The Labute approximate surface area is 132 Å². The standard InChI is InChI=1S/C17H23BN2O2/c1-12-9-13(2)11-14(10-12)20-15(7-8-19-20)18-21-16(3,4)17(5,6)22-18/h7-11H,1-6H3. The lowest BCUT2D eigenvalue weighted by Gasteiger charge is -2.32. The summed E-state index contributed by atoms with van der Waals surface area (Å²) in [6.07, 6.45) is 1.79. The summed E-state index contributed by atoms with van der Waals surface area (Å²) in [6, 6.07) is 8.35. The number of hydrogen-bond acceptors (Lipinski definition) is 3. The third-order valence-corrected chi connectivity index (χ3v) is 4.62. The molecule has 0 spiro atoms. The summed E-state index contributed by atoms with van der Waals surface area (Å²) in [5.74, 6) is 0. The van der Waals surface area contributed by atoms with E-state index in [1.807, 2.05) is 10.7 Å². The minimum absolute atomic E-state index is 0.352. The van der Waals surface area contributed by atoms with Crippen LogP contribution < -0.4 is 5.59 Å². The lowest BCUT2D eigenvalue weighted by atomic mass is 9.84. The lowest BCUT2D eigenvalue weighted by Crippen LogP contribution is -2.41. The van der Waals surface area contributed by atoms with Crippen molar-refractivity contribution >= 4 is 12.7 Å². The van der Waals surface area contributed by atoms with Crippen molar-refractivity contribution in [3.8, 4) is 5.69 Å². The van der Waals surface area contributed by atoms with E-state index in [4.69, 9.17) is 9.31 Å². The van der Waals surface area contributed by atoms with Gasteiger partial charge in [0.05, 0.1) is 22.5 Å². The number of benzene rings is 1. The van der Waals surface area contributed by atoms with Crippen LogP contribution >= 0.6 is 0 Å². The molecule has 1 aromatic heterocycles. The molecule has 0 N–H and O–H groups in total. The molecule has 0 unspecified atom stereocenters. The smallest absolute Gasteiger partial charge is 0.398 e. The Balaban J connectivity index is 2.00. The molecule has 5 heteroatoms. The van der Waals surface area contributed by atoms with E-state index in [-0.39, 0.29) is 11.2 Å². The molecule has 0 aliphatic carbocycles. The maximum atomic E-state index is 6.15. The van der Waals surface area contributed by atoms with Gasteiger partial charge in [-0.1, -0.05) is 6.07 Å². The molecule has 116 valence electrons. The Morgan fingerprint density at radius 1 is 0.955 bits per heavy atom. The van der Waals surface area contributed by atoms with E-state index < -0.39 is 7.12 Å². The van der Waals surface area contributed by atoms with Gasteiger partial charge in [-0.2, -0.15) is 5.10 Å². The molecule has 0 atom stereocenters. The van der Waals surface area contributed by atoms with Crippen molar-refractivity contribution in [2.24, 2.45) is 0 Å². The normalized spacial score (nSPS) is 19.6. The summed E-state index contributed by atoms with van der Waals surface area (Å²) in [6.45, 7) is 12.4. The summed E-state index contributed by atoms with van der Waals surface area (Å²) in [4.78, 5) is 0. The van der Waals surface area contributed by atoms with Crippen LogP contribution in [0.1, 0.15) is 38.8 Å². The van der Waals surface area contributed by atoms with E-state index in [9.17, 15) is 0 Å². The van der Waals surface area contributed by atoms with Crippen molar-refractivity contribution in [2.45, 2.75) is 52.7 Å². The van der Waals surface area contributed by atoms with Gasteiger partial charge in [-0.25, -0.2) is 4.68 Å².